The number of amides is 2. The number of anilines is 2. The molecule has 0 aliphatic carbocycles. The summed E-state index contributed by atoms with van der Waals surface area (Å²) in [5, 5.41) is 13.6. The van der Waals surface area contributed by atoms with Gasteiger partial charge in [0.1, 0.15) is 5.82 Å². The van der Waals surface area contributed by atoms with Gasteiger partial charge in [0.15, 0.2) is 11.5 Å². The van der Waals surface area contributed by atoms with E-state index in [4.69, 9.17) is 9.47 Å². The van der Waals surface area contributed by atoms with Crippen molar-refractivity contribution in [1.29, 1.82) is 0 Å². The van der Waals surface area contributed by atoms with Gasteiger partial charge in [-0.1, -0.05) is 32.0 Å². The lowest BCUT2D eigenvalue weighted by Gasteiger charge is -2.28. The number of fused-ring (bicyclic) bond motifs is 1. The van der Waals surface area contributed by atoms with Gasteiger partial charge in [0.25, 0.3) is 0 Å². The maximum absolute atomic E-state index is 14.2. The van der Waals surface area contributed by atoms with Crippen molar-refractivity contribution in [3.63, 3.8) is 0 Å². The number of carboxylic acid groups (broad SMARTS) is 1. The first-order chi connectivity index (χ1) is 21.3. The highest BCUT2D eigenvalue weighted by atomic mass is 19.1. The third kappa shape index (κ3) is 5.61. The minimum Gasteiger partial charge on any atom is -0.481 e. The lowest BCUT2D eigenvalue weighted by molar-refractivity contribution is -0.143. The van der Waals surface area contributed by atoms with Gasteiger partial charge in [-0.15, -0.1) is 0 Å². The molecule has 0 bridgehead atoms. The number of hydrogen-bond acceptors (Lipinski definition) is 6. The largest absolute Gasteiger partial charge is 0.481 e. The molecule has 2 fully saturated rings. The van der Waals surface area contributed by atoms with E-state index >= 15 is 0 Å². The molecular weight excluding hydrogens is 565 g/mol. The van der Waals surface area contributed by atoms with Crippen molar-refractivity contribution >= 4 is 29.2 Å². The highest BCUT2D eigenvalue weighted by Gasteiger charge is 2.48. The van der Waals surface area contributed by atoms with Crippen molar-refractivity contribution in [2.45, 2.75) is 51.5 Å². The molecule has 2 N–H and O–H groups in total. The topological polar surface area (TPSA) is 108 Å². The first kappa shape index (κ1) is 29.6. The van der Waals surface area contributed by atoms with E-state index in [1.807, 2.05) is 55.1 Å². The molecule has 9 nitrogen and oxygen atoms in total. The number of halogens is 1. The van der Waals surface area contributed by atoms with E-state index in [1.54, 1.807) is 11.0 Å². The Bertz CT molecular complexity index is 1570. The summed E-state index contributed by atoms with van der Waals surface area (Å²) in [5.74, 6) is -1.69. The van der Waals surface area contributed by atoms with Gasteiger partial charge in [-0.3, -0.25) is 19.3 Å². The Hall–Kier alpha value is -4.44. The molecule has 10 heteroatoms. The van der Waals surface area contributed by atoms with Crippen LogP contribution in [0.1, 0.15) is 60.9 Å². The summed E-state index contributed by atoms with van der Waals surface area (Å²) in [7, 11) is 0. The maximum atomic E-state index is 14.2. The SMILES string of the molecule is CCc1cc(F)cc(CC)c1NC(=O)CN1C[C@H](c2ccc3c(c2)OCO3)C(C(=O)O)[C@@H]1c1ccc(N2CCCC2=O)cc1. The first-order valence-corrected chi connectivity index (χ1v) is 15.1. The van der Waals surface area contributed by atoms with E-state index in [0.29, 0.717) is 60.7 Å². The van der Waals surface area contributed by atoms with Crippen LogP contribution in [0.2, 0.25) is 0 Å². The number of ether oxygens (including phenoxy) is 2. The molecule has 0 spiro atoms. The molecule has 3 atom stereocenters. The van der Waals surface area contributed by atoms with E-state index in [-0.39, 0.29) is 31.0 Å². The van der Waals surface area contributed by atoms with E-state index < -0.39 is 23.8 Å². The zero-order chi connectivity index (χ0) is 31.0. The van der Waals surface area contributed by atoms with Gasteiger partial charge in [-0.05, 0) is 77.9 Å². The van der Waals surface area contributed by atoms with Crippen LogP contribution >= 0.6 is 0 Å². The molecule has 230 valence electrons. The highest BCUT2D eigenvalue weighted by molar-refractivity contribution is 5.95. The fraction of sp³-hybridized carbons (Fsp3) is 0.382. The lowest BCUT2D eigenvalue weighted by Crippen LogP contribution is -2.35. The number of carbonyl (C=O) groups is 3. The summed E-state index contributed by atoms with van der Waals surface area (Å²) < 4.78 is 25.3. The molecule has 3 heterocycles. The molecule has 0 saturated carbocycles. The van der Waals surface area contributed by atoms with Crippen LogP contribution in [-0.2, 0) is 27.2 Å². The highest BCUT2D eigenvalue weighted by Crippen LogP contribution is 2.48. The van der Waals surface area contributed by atoms with Crippen LogP contribution in [-0.4, -0.2) is 54.2 Å². The van der Waals surface area contributed by atoms with Gasteiger partial charge in [0.05, 0.1) is 12.5 Å². The average molecular weight is 602 g/mol. The number of likely N-dealkylation sites (tertiary alicyclic amines) is 1. The number of carbonyl (C=O) groups excluding carboxylic acids is 2. The third-order valence-electron chi connectivity index (χ3n) is 8.97. The van der Waals surface area contributed by atoms with Crippen molar-refractivity contribution in [3.05, 3.63) is 82.7 Å². The molecule has 0 aromatic heterocycles. The standard InChI is InChI=1S/C34H36FN3O6/c1-3-20-14-24(35)15-21(4-2)32(20)36-29(39)18-37-17-26(23-9-12-27-28(16-23)44-19-43-27)31(34(41)42)33(37)22-7-10-25(11-8-22)38-13-5-6-30(38)40/h7-12,14-16,26,31,33H,3-6,13,17-19H2,1-2H3,(H,36,39)(H,41,42)/t26-,31?,33+/m1/s1. The first-order valence-electron chi connectivity index (χ1n) is 15.1. The van der Waals surface area contributed by atoms with Gasteiger partial charge in [-0.25, -0.2) is 4.39 Å². The van der Waals surface area contributed by atoms with Gasteiger partial charge < -0.3 is 24.8 Å². The molecule has 6 rings (SSSR count). The molecule has 44 heavy (non-hydrogen) atoms. The van der Waals surface area contributed by atoms with Crippen LogP contribution < -0.4 is 19.7 Å². The molecule has 0 radical (unpaired) electrons. The van der Waals surface area contributed by atoms with Crippen molar-refractivity contribution in [1.82, 2.24) is 4.90 Å². The second-order valence-electron chi connectivity index (χ2n) is 11.6. The number of rotatable bonds is 9. The molecule has 1 unspecified atom stereocenters. The minimum absolute atomic E-state index is 0.0639. The fourth-order valence-electron chi connectivity index (χ4n) is 6.85. The van der Waals surface area contributed by atoms with Crippen LogP contribution in [0.3, 0.4) is 0 Å². The van der Waals surface area contributed by atoms with Crippen molar-refractivity contribution in [3.8, 4) is 11.5 Å². The second kappa shape index (κ2) is 12.3. The Kier molecular flexibility index (Phi) is 8.27. The number of nitrogens with zero attached hydrogens (tertiary/aromatic N) is 2. The van der Waals surface area contributed by atoms with Crippen LogP contribution in [0.5, 0.6) is 11.5 Å². The quantitative estimate of drug-likeness (QED) is 0.343. The third-order valence-corrected chi connectivity index (χ3v) is 8.97. The minimum atomic E-state index is -0.973. The summed E-state index contributed by atoms with van der Waals surface area (Å²) in [5.41, 5.74) is 4.33. The van der Waals surface area contributed by atoms with Gasteiger partial charge in [-0.2, -0.15) is 0 Å². The predicted molar refractivity (Wildman–Crippen MR) is 163 cm³/mol. The van der Waals surface area contributed by atoms with Gasteiger partial charge >= 0.3 is 5.97 Å². The summed E-state index contributed by atoms with van der Waals surface area (Å²) >= 11 is 0. The van der Waals surface area contributed by atoms with E-state index in [0.717, 1.165) is 23.2 Å². The molecule has 3 aliphatic rings. The number of hydrogen-bond donors (Lipinski definition) is 2. The monoisotopic (exact) mass is 601 g/mol. The predicted octanol–water partition coefficient (Wildman–Crippen LogP) is 5.29. The summed E-state index contributed by atoms with van der Waals surface area (Å²) in [6, 6.07) is 15.1. The van der Waals surface area contributed by atoms with Gasteiger partial charge in [0.2, 0.25) is 18.6 Å². The molecule has 3 aliphatic heterocycles. The maximum Gasteiger partial charge on any atom is 0.309 e. The Morgan fingerprint density at radius 3 is 2.30 bits per heavy atom. The lowest BCUT2D eigenvalue weighted by atomic mass is 9.82. The molecular formula is C34H36FN3O6. The molecule has 3 aromatic carbocycles. The molecule has 2 saturated heterocycles. The number of aliphatic carboxylic acids is 1. The zero-order valence-corrected chi connectivity index (χ0v) is 24.8. The fourth-order valence-corrected chi connectivity index (χ4v) is 6.85. The number of benzene rings is 3. The Morgan fingerprint density at radius 2 is 1.66 bits per heavy atom. The van der Waals surface area contributed by atoms with E-state index in [1.165, 1.54) is 12.1 Å². The van der Waals surface area contributed by atoms with Crippen LogP contribution in [0.15, 0.2) is 54.6 Å². The van der Waals surface area contributed by atoms with Crippen LogP contribution in [0, 0.1) is 11.7 Å². The summed E-state index contributed by atoms with van der Waals surface area (Å²) in [6.07, 6.45) is 2.41. The van der Waals surface area contributed by atoms with Crippen LogP contribution in [0.4, 0.5) is 15.8 Å². The second-order valence-corrected chi connectivity index (χ2v) is 11.6. The van der Waals surface area contributed by atoms with Crippen molar-refractivity contribution in [2.24, 2.45) is 5.92 Å². The molecule has 2 amide bonds. The summed E-state index contributed by atoms with van der Waals surface area (Å²) in [6.45, 7) is 4.83. The van der Waals surface area contributed by atoms with Crippen LogP contribution in [0.25, 0.3) is 0 Å². The van der Waals surface area contributed by atoms with Crippen molar-refractivity contribution in [2.75, 3.05) is 36.6 Å². The number of aryl methyl sites for hydroxylation is 2. The Balaban J connectivity index is 1.34. The average Bonchev–Trinajstić information content (AvgIpc) is 3.75. The molecule has 3 aromatic rings. The smallest absolute Gasteiger partial charge is 0.309 e. The Labute approximate surface area is 255 Å². The zero-order valence-electron chi connectivity index (χ0n) is 24.8. The van der Waals surface area contributed by atoms with Crippen molar-refractivity contribution < 1.29 is 33.4 Å². The summed E-state index contributed by atoms with van der Waals surface area (Å²) in [4.78, 5) is 42.6. The van der Waals surface area contributed by atoms with E-state index in [9.17, 15) is 23.9 Å². The normalized spacial score (nSPS) is 21.2. The number of carboxylic acids is 1. The number of nitrogens with one attached hydrogen (secondary N) is 1. The van der Waals surface area contributed by atoms with Gasteiger partial charge in [0, 0.05) is 42.8 Å². The Morgan fingerprint density at radius 1 is 0.977 bits per heavy atom. The van der Waals surface area contributed by atoms with E-state index in [2.05, 4.69) is 5.32 Å².